The predicted octanol–water partition coefficient (Wildman–Crippen LogP) is 3.49. The zero-order valence-electron chi connectivity index (χ0n) is 15.4. The molecule has 0 spiro atoms. The Morgan fingerprint density at radius 2 is 1.68 bits per heavy atom. The van der Waals surface area contributed by atoms with Crippen LogP contribution in [0.2, 0.25) is 0 Å². The van der Waals surface area contributed by atoms with Gasteiger partial charge in [-0.1, -0.05) is 6.07 Å². The first kappa shape index (κ1) is 18.9. The summed E-state index contributed by atoms with van der Waals surface area (Å²) in [5.74, 6) is 1.14. The van der Waals surface area contributed by atoms with E-state index in [9.17, 15) is 9.59 Å². The Labute approximate surface area is 162 Å². The van der Waals surface area contributed by atoms with Crippen LogP contribution in [-0.4, -0.2) is 31.0 Å². The zero-order chi connectivity index (χ0) is 19.9. The molecule has 3 aromatic rings. The van der Waals surface area contributed by atoms with Crippen molar-refractivity contribution < 1.29 is 19.1 Å². The molecule has 1 aromatic heterocycles. The van der Waals surface area contributed by atoms with Crippen LogP contribution >= 0.6 is 0 Å². The highest BCUT2D eigenvalue weighted by Gasteiger charge is 2.09. The van der Waals surface area contributed by atoms with Gasteiger partial charge in [0.15, 0.2) is 0 Å². The Hall–Kier alpha value is -3.87. The van der Waals surface area contributed by atoms with Crippen molar-refractivity contribution in [3.05, 3.63) is 78.1 Å². The van der Waals surface area contributed by atoms with Gasteiger partial charge in [0.2, 0.25) is 0 Å². The lowest BCUT2D eigenvalue weighted by Crippen LogP contribution is -2.18. The molecule has 0 aliphatic heterocycles. The monoisotopic (exact) mass is 377 g/mol. The van der Waals surface area contributed by atoms with Gasteiger partial charge in [-0.2, -0.15) is 0 Å². The minimum atomic E-state index is -0.291. The zero-order valence-corrected chi connectivity index (χ0v) is 15.4. The summed E-state index contributed by atoms with van der Waals surface area (Å²) >= 11 is 0. The van der Waals surface area contributed by atoms with Gasteiger partial charge in [0.05, 0.1) is 7.11 Å². The minimum Gasteiger partial charge on any atom is -0.497 e. The molecule has 3 rings (SSSR count). The second kappa shape index (κ2) is 8.68. The molecule has 7 nitrogen and oxygen atoms in total. The maximum absolute atomic E-state index is 12.3. The Bertz CT molecular complexity index is 987. The third-order valence-electron chi connectivity index (χ3n) is 3.87. The van der Waals surface area contributed by atoms with E-state index in [0.717, 1.165) is 0 Å². The quantitative estimate of drug-likeness (QED) is 0.686. The summed E-state index contributed by atoms with van der Waals surface area (Å²) < 4.78 is 10.9. The lowest BCUT2D eigenvalue weighted by Gasteiger charge is -2.09. The lowest BCUT2D eigenvalue weighted by atomic mass is 10.2. The van der Waals surface area contributed by atoms with Crippen LogP contribution in [0, 0.1) is 0 Å². The molecule has 1 heterocycles. The van der Waals surface area contributed by atoms with Crippen LogP contribution in [0.1, 0.15) is 20.8 Å². The van der Waals surface area contributed by atoms with Crippen LogP contribution < -0.4 is 20.1 Å². The molecule has 0 aliphatic carbocycles. The van der Waals surface area contributed by atoms with Gasteiger partial charge < -0.3 is 20.1 Å². The molecule has 0 saturated carbocycles. The maximum atomic E-state index is 12.3. The number of ether oxygens (including phenoxy) is 2. The number of methoxy groups -OCH3 is 1. The fraction of sp³-hybridized carbons (Fsp3) is 0.0952. The number of pyridine rings is 1. The van der Waals surface area contributed by atoms with Crippen molar-refractivity contribution in [3.8, 4) is 17.2 Å². The van der Waals surface area contributed by atoms with E-state index >= 15 is 0 Å². The number of nitrogens with zero attached hydrogens (tertiary/aromatic N) is 1. The first-order valence-electron chi connectivity index (χ1n) is 8.50. The van der Waals surface area contributed by atoms with Gasteiger partial charge in [-0.15, -0.1) is 0 Å². The van der Waals surface area contributed by atoms with Gasteiger partial charge in [0.1, 0.15) is 22.9 Å². The molecule has 2 N–H and O–H groups in total. The number of amides is 2. The maximum Gasteiger partial charge on any atom is 0.269 e. The Morgan fingerprint density at radius 3 is 2.39 bits per heavy atom. The standard InChI is InChI=1S/C21H19N3O4/c1-22-21(26)19-13-18(10-11-23-19)28-16-8-6-15(7-9-16)24-20(25)14-4-3-5-17(12-14)27-2/h3-13H,1-2H3,(H,22,26)(H,24,25). The van der Waals surface area contributed by atoms with Crippen LogP contribution in [-0.2, 0) is 0 Å². The van der Waals surface area contributed by atoms with E-state index in [-0.39, 0.29) is 17.5 Å². The molecule has 142 valence electrons. The number of benzene rings is 2. The molecule has 2 amide bonds. The summed E-state index contributed by atoms with van der Waals surface area (Å²) in [7, 11) is 3.09. The molecular weight excluding hydrogens is 358 g/mol. The number of nitrogens with one attached hydrogen (secondary N) is 2. The van der Waals surface area contributed by atoms with E-state index in [1.165, 1.54) is 13.2 Å². The summed E-state index contributed by atoms with van der Waals surface area (Å²) in [5, 5.41) is 5.33. The summed E-state index contributed by atoms with van der Waals surface area (Å²) in [6, 6.07) is 17.0. The topological polar surface area (TPSA) is 89.6 Å². The summed E-state index contributed by atoms with van der Waals surface area (Å²) in [4.78, 5) is 28.0. The van der Waals surface area contributed by atoms with E-state index in [2.05, 4.69) is 15.6 Å². The number of carbonyl (C=O) groups is 2. The Balaban J connectivity index is 1.66. The second-order valence-corrected chi connectivity index (χ2v) is 5.77. The fourth-order valence-electron chi connectivity index (χ4n) is 2.44. The number of hydrogen-bond acceptors (Lipinski definition) is 5. The van der Waals surface area contributed by atoms with Crippen LogP contribution in [0.15, 0.2) is 66.9 Å². The highest BCUT2D eigenvalue weighted by atomic mass is 16.5. The smallest absolute Gasteiger partial charge is 0.269 e. The van der Waals surface area contributed by atoms with Gasteiger partial charge >= 0.3 is 0 Å². The van der Waals surface area contributed by atoms with Crippen molar-refractivity contribution in [2.75, 3.05) is 19.5 Å². The number of carbonyl (C=O) groups excluding carboxylic acids is 2. The van der Waals surface area contributed by atoms with Gasteiger partial charge in [-0.05, 0) is 48.5 Å². The molecule has 0 fully saturated rings. The SMILES string of the molecule is CNC(=O)c1cc(Oc2ccc(NC(=O)c3cccc(OC)c3)cc2)ccn1. The van der Waals surface area contributed by atoms with Crippen molar-refractivity contribution in [1.29, 1.82) is 0 Å². The van der Waals surface area contributed by atoms with Gasteiger partial charge in [0, 0.05) is 30.6 Å². The molecule has 0 saturated heterocycles. The van der Waals surface area contributed by atoms with Gasteiger partial charge in [-0.25, -0.2) is 0 Å². The van der Waals surface area contributed by atoms with Crippen LogP contribution in [0.25, 0.3) is 0 Å². The van der Waals surface area contributed by atoms with Crippen molar-refractivity contribution in [2.45, 2.75) is 0 Å². The molecule has 0 aliphatic rings. The van der Waals surface area contributed by atoms with E-state index in [1.54, 1.807) is 67.8 Å². The summed E-state index contributed by atoms with van der Waals surface area (Å²) in [6.07, 6.45) is 1.50. The molecule has 0 radical (unpaired) electrons. The first-order chi connectivity index (χ1) is 13.6. The second-order valence-electron chi connectivity index (χ2n) is 5.77. The number of anilines is 1. The van der Waals surface area contributed by atoms with E-state index in [4.69, 9.17) is 9.47 Å². The number of rotatable bonds is 6. The molecule has 0 atom stereocenters. The van der Waals surface area contributed by atoms with Crippen molar-refractivity contribution in [3.63, 3.8) is 0 Å². The van der Waals surface area contributed by atoms with Crippen molar-refractivity contribution in [1.82, 2.24) is 10.3 Å². The molecule has 7 heteroatoms. The van der Waals surface area contributed by atoms with Gasteiger partial charge in [-0.3, -0.25) is 14.6 Å². The number of aromatic nitrogens is 1. The average molecular weight is 377 g/mol. The minimum absolute atomic E-state index is 0.239. The molecular formula is C21H19N3O4. The van der Waals surface area contributed by atoms with Crippen LogP contribution in [0.5, 0.6) is 17.2 Å². The third kappa shape index (κ3) is 4.64. The highest BCUT2D eigenvalue weighted by Crippen LogP contribution is 2.23. The largest absolute Gasteiger partial charge is 0.497 e. The normalized spacial score (nSPS) is 10.1. The predicted molar refractivity (Wildman–Crippen MR) is 105 cm³/mol. The highest BCUT2D eigenvalue weighted by molar-refractivity contribution is 6.04. The molecule has 0 unspecified atom stereocenters. The van der Waals surface area contributed by atoms with Gasteiger partial charge in [0.25, 0.3) is 11.8 Å². The summed E-state index contributed by atoms with van der Waals surface area (Å²) in [6.45, 7) is 0. The third-order valence-corrected chi connectivity index (χ3v) is 3.87. The van der Waals surface area contributed by atoms with Crippen molar-refractivity contribution in [2.24, 2.45) is 0 Å². The van der Waals surface area contributed by atoms with Crippen molar-refractivity contribution >= 4 is 17.5 Å². The molecule has 2 aromatic carbocycles. The lowest BCUT2D eigenvalue weighted by molar-refractivity contribution is 0.0957. The molecule has 0 bridgehead atoms. The van der Waals surface area contributed by atoms with Crippen LogP contribution in [0.3, 0.4) is 0 Å². The van der Waals surface area contributed by atoms with E-state index < -0.39 is 0 Å². The van der Waals surface area contributed by atoms with Crippen LogP contribution in [0.4, 0.5) is 5.69 Å². The fourth-order valence-corrected chi connectivity index (χ4v) is 2.44. The average Bonchev–Trinajstić information content (AvgIpc) is 2.74. The first-order valence-corrected chi connectivity index (χ1v) is 8.50. The Kier molecular flexibility index (Phi) is 5.86. The summed E-state index contributed by atoms with van der Waals surface area (Å²) in [5.41, 5.74) is 1.39. The Morgan fingerprint density at radius 1 is 0.893 bits per heavy atom. The molecule has 28 heavy (non-hydrogen) atoms. The van der Waals surface area contributed by atoms with E-state index in [0.29, 0.717) is 28.5 Å². The van der Waals surface area contributed by atoms with E-state index in [1.807, 2.05) is 0 Å². The number of hydrogen-bond donors (Lipinski definition) is 2.